The van der Waals surface area contributed by atoms with Crippen molar-refractivity contribution < 1.29 is 28.6 Å². The van der Waals surface area contributed by atoms with Crippen molar-refractivity contribution in [3.05, 3.63) is 0 Å². The lowest BCUT2D eigenvalue weighted by molar-refractivity contribution is -0.167. The fourth-order valence-electron chi connectivity index (χ4n) is 9.28. The summed E-state index contributed by atoms with van der Waals surface area (Å²) in [6.45, 7) is 9.06. The van der Waals surface area contributed by atoms with Crippen LogP contribution >= 0.6 is 0 Å². The Labute approximate surface area is 412 Å². The van der Waals surface area contributed by atoms with Gasteiger partial charge in [-0.05, 0) is 25.2 Å². The van der Waals surface area contributed by atoms with Crippen LogP contribution in [-0.4, -0.2) is 37.2 Å². The van der Waals surface area contributed by atoms with Crippen LogP contribution in [0.3, 0.4) is 0 Å². The molecule has 0 aromatic rings. The van der Waals surface area contributed by atoms with Crippen molar-refractivity contribution in [2.24, 2.45) is 5.92 Å². The number of hydrogen-bond acceptors (Lipinski definition) is 6. The fourth-order valence-corrected chi connectivity index (χ4v) is 9.28. The highest BCUT2D eigenvalue weighted by atomic mass is 16.6. The van der Waals surface area contributed by atoms with E-state index >= 15 is 0 Å². The Morgan fingerprint density at radius 1 is 0.288 bits per heavy atom. The Balaban J connectivity index is 4.28. The van der Waals surface area contributed by atoms with Crippen molar-refractivity contribution in [3.8, 4) is 0 Å². The second-order valence-electron chi connectivity index (χ2n) is 21.1. The zero-order valence-corrected chi connectivity index (χ0v) is 45.2. The van der Waals surface area contributed by atoms with E-state index in [1.807, 2.05) is 0 Å². The molecule has 66 heavy (non-hydrogen) atoms. The molecule has 0 unspecified atom stereocenters. The molecule has 0 spiro atoms. The fraction of sp³-hybridized carbons (Fsp3) is 0.950. The molecule has 0 rings (SSSR count). The molecule has 0 fully saturated rings. The number of ether oxygens (including phenoxy) is 3. The van der Waals surface area contributed by atoms with Gasteiger partial charge in [-0.15, -0.1) is 0 Å². The molecule has 6 heteroatoms. The molecule has 392 valence electrons. The molecule has 0 saturated carbocycles. The second-order valence-corrected chi connectivity index (χ2v) is 21.1. The maximum Gasteiger partial charge on any atom is 0.306 e. The number of rotatable bonds is 55. The Hall–Kier alpha value is -1.59. The van der Waals surface area contributed by atoms with Crippen molar-refractivity contribution in [1.82, 2.24) is 0 Å². The summed E-state index contributed by atoms with van der Waals surface area (Å²) in [5.41, 5.74) is 0. The molecule has 0 heterocycles. The summed E-state index contributed by atoms with van der Waals surface area (Å²) in [5, 5.41) is 0. The van der Waals surface area contributed by atoms with Gasteiger partial charge in [-0.2, -0.15) is 0 Å². The molecule has 0 radical (unpaired) electrons. The van der Waals surface area contributed by atoms with Gasteiger partial charge in [0.25, 0.3) is 0 Å². The summed E-state index contributed by atoms with van der Waals surface area (Å²) in [7, 11) is 0. The van der Waals surface area contributed by atoms with E-state index in [0.717, 1.165) is 63.7 Å². The molecule has 0 aromatic carbocycles. The quantitative estimate of drug-likeness (QED) is 0.0343. The smallest absolute Gasteiger partial charge is 0.306 e. The third-order valence-electron chi connectivity index (χ3n) is 13.8. The van der Waals surface area contributed by atoms with E-state index in [9.17, 15) is 14.4 Å². The molecular formula is C60H116O6. The average molecular weight is 934 g/mol. The molecule has 0 amide bonds. The van der Waals surface area contributed by atoms with E-state index in [4.69, 9.17) is 14.2 Å². The summed E-state index contributed by atoms with van der Waals surface area (Å²) >= 11 is 0. The third kappa shape index (κ3) is 53.4. The minimum Gasteiger partial charge on any atom is -0.462 e. The van der Waals surface area contributed by atoms with E-state index in [1.54, 1.807) is 0 Å². The molecule has 1 atom stereocenters. The molecule has 0 aliphatic carbocycles. The lowest BCUT2D eigenvalue weighted by Crippen LogP contribution is -2.30. The van der Waals surface area contributed by atoms with Gasteiger partial charge in [0, 0.05) is 19.3 Å². The minimum atomic E-state index is -0.762. The van der Waals surface area contributed by atoms with E-state index in [1.165, 1.54) is 238 Å². The molecule has 0 aliphatic heterocycles. The van der Waals surface area contributed by atoms with Crippen LogP contribution in [0.5, 0.6) is 0 Å². The number of carbonyl (C=O) groups excluding carboxylic acids is 3. The van der Waals surface area contributed by atoms with Crippen LogP contribution in [0.1, 0.15) is 342 Å². The number of carbonyl (C=O) groups is 3. The van der Waals surface area contributed by atoms with Gasteiger partial charge in [-0.3, -0.25) is 14.4 Å². The Bertz CT molecular complexity index is 996. The molecule has 0 saturated heterocycles. The Kier molecular flexibility index (Phi) is 53.0. The molecule has 0 bridgehead atoms. The molecule has 0 aromatic heterocycles. The van der Waals surface area contributed by atoms with Crippen LogP contribution in [0.15, 0.2) is 0 Å². The summed E-state index contributed by atoms with van der Waals surface area (Å²) in [4.78, 5) is 38.2. The number of unbranched alkanes of at least 4 members (excludes halogenated alkanes) is 42. The average Bonchev–Trinajstić information content (AvgIpc) is 3.30. The highest BCUT2D eigenvalue weighted by Crippen LogP contribution is 2.18. The summed E-state index contributed by atoms with van der Waals surface area (Å²) in [6, 6.07) is 0. The predicted octanol–water partition coefficient (Wildman–Crippen LogP) is 19.8. The van der Waals surface area contributed by atoms with Crippen LogP contribution in [-0.2, 0) is 28.6 Å². The number of esters is 3. The van der Waals surface area contributed by atoms with Crippen molar-refractivity contribution in [2.75, 3.05) is 13.2 Å². The van der Waals surface area contributed by atoms with Crippen LogP contribution in [0, 0.1) is 5.92 Å². The van der Waals surface area contributed by atoms with Gasteiger partial charge >= 0.3 is 17.9 Å². The van der Waals surface area contributed by atoms with Crippen LogP contribution in [0.2, 0.25) is 0 Å². The first-order valence-corrected chi connectivity index (χ1v) is 29.9. The Morgan fingerprint density at radius 2 is 0.500 bits per heavy atom. The first-order valence-electron chi connectivity index (χ1n) is 29.9. The second kappa shape index (κ2) is 54.4. The van der Waals surface area contributed by atoms with E-state index in [0.29, 0.717) is 19.3 Å². The summed E-state index contributed by atoms with van der Waals surface area (Å²) < 4.78 is 16.9. The van der Waals surface area contributed by atoms with Crippen molar-refractivity contribution in [1.29, 1.82) is 0 Å². The highest BCUT2D eigenvalue weighted by Gasteiger charge is 2.19. The van der Waals surface area contributed by atoms with Gasteiger partial charge in [-0.1, -0.05) is 304 Å². The maximum atomic E-state index is 12.9. The monoisotopic (exact) mass is 933 g/mol. The van der Waals surface area contributed by atoms with Gasteiger partial charge in [0.05, 0.1) is 0 Å². The first kappa shape index (κ1) is 64.4. The number of hydrogen-bond donors (Lipinski definition) is 0. The zero-order valence-electron chi connectivity index (χ0n) is 45.2. The van der Waals surface area contributed by atoms with Crippen molar-refractivity contribution in [2.45, 2.75) is 348 Å². The lowest BCUT2D eigenvalue weighted by Gasteiger charge is -2.18. The van der Waals surface area contributed by atoms with Gasteiger partial charge < -0.3 is 14.2 Å². The molecule has 0 aliphatic rings. The molecular weight excluding hydrogens is 817 g/mol. The highest BCUT2D eigenvalue weighted by molar-refractivity contribution is 5.71. The van der Waals surface area contributed by atoms with Gasteiger partial charge in [0.15, 0.2) is 6.10 Å². The first-order chi connectivity index (χ1) is 32.4. The topological polar surface area (TPSA) is 78.9 Å². The van der Waals surface area contributed by atoms with Crippen LogP contribution in [0.25, 0.3) is 0 Å². The zero-order chi connectivity index (χ0) is 48.1. The largest absolute Gasteiger partial charge is 0.462 e. The predicted molar refractivity (Wildman–Crippen MR) is 284 cm³/mol. The van der Waals surface area contributed by atoms with Crippen LogP contribution in [0.4, 0.5) is 0 Å². The van der Waals surface area contributed by atoms with E-state index < -0.39 is 6.10 Å². The summed E-state index contributed by atoms with van der Waals surface area (Å²) in [6.07, 6.45) is 59.5. The standard InChI is InChI=1S/C60H116O6/c1-5-7-9-11-13-15-17-19-21-23-24-26-28-32-36-40-44-48-52-59(62)65-55-57(66-60(63)53-49-45-41-37-33-29-30-34-38-42-46-50-56(3)4)54-64-58(61)51-47-43-39-35-31-27-25-22-20-18-16-14-12-10-8-6-2/h56-57H,5-55H2,1-4H3/t57-/m0/s1. The summed E-state index contributed by atoms with van der Waals surface area (Å²) in [5.74, 6) is -0.00871. The SMILES string of the molecule is CCCCCCCCCCCCCCCCCCCCC(=O)OC[C@H](COC(=O)CCCCCCCCCCCCCCCCCC)OC(=O)CCCCCCCCCCCCCC(C)C. The van der Waals surface area contributed by atoms with Crippen molar-refractivity contribution >= 4 is 17.9 Å². The van der Waals surface area contributed by atoms with E-state index in [-0.39, 0.29) is 31.1 Å². The van der Waals surface area contributed by atoms with Crippen LogP contribution < -0.4 is 0 Å². The minimum absolute atomic E-state index is 0.0618. The molecule has 6 nitrogen and oxygen atoms in total. The van der Waals surface area contributed by atoms with E-state index in [2.05, 4.69) is 27.7 Å². The normalized spacial score (nSPS) is 12.0. The maximum absolute atomic E-state index is 12.9. The van der Waals surface area contributed by atoms with Gasteiger partial charge in [0.2, 0.25) is 0 Å². The lowest BCUT2D eigenvalue weighted by atomic mass is 10.0. The molecule has 0 N–H and O–H groups in total. The Morgan fingerprint density at radius 3 is 0.742 bits per heavy atom. The van der Waals surface area contributed by atoms with Crippen molar-refractivity contribution in [3.63, 3.8) is 0 Å². The van der Waals surface area contributed by atoms with Gasteiger partial charge in [0.1, 0.15) is 13.2 Å². The third-order valence-corrected chi connectivity index (χ3v) is 13.8. The van der Waals surface area contributed by atoms with Gasteiger partial charge in [-0.25, -0.2) is 0 Å².